The maximum atomic E-state index is 11.9. The molecule has 1 aromatic carbocycles. The van der Waals surface area contributed by atoms with Crippen LogP contribution < -0.4 is 5.56 Å². The van der Waals surface area contributed by atoms with Crippen LogP contribution in [-0.2, 0) is 0 Å². The monoisotopic (exact) mass is 325 g/mol. The van der Waals surface area contributed by atoms with Gasteiger partial charge in [0.2, 0.25) is 11.4 Å². The second-order valence-electron chi connectivity index (χ2n) is 4.96. The number of rotatable bonds is 3. The fourth-order valence-corrected chi connectivity index (χ4v) is 2.75. The van der Waals surface area contributed by atoms with Crippen molar-refractivity contribution in [3.63, 3.8) is 0 Å². The SMILES string of the molecule is O=c1cc(C(S)c2nnc(-c3ccco3)o2)c2ccccc2[nH]1. The largest absolute Gasteiger partial charge is 0.459 e. The first-order valence-corrected chi connectivity index (χ1v) is 7.41. The van der Waals surface area contributed by atoms with Crippen LogP contribution in [0.15, 0.2) is 62.4 Å². The second-order valence-corrected chi connectivity index (χ2v) is 5.48. The van der Waals surface area contributed by atoms with Crippen molar-refractivity contribution in [2.75, 3.05) is 0 Å². The topological polar surface area (TPSA) is 84.9 Å². The second kappa shape index (κ2) is 5.44. The molecule has 0 spiro atoms. The zero-order valence-electron chi connectivity index (χ0n) is 11.8. The van der Waals surface area contributed by atoms with E-state index in [2.05, 4.69) is 27.8 Å². The van der Waals surface area contributed by atoms with Gasteiger partial charge in [-0.15, -0.1) is 10.2 Å². The van der Waals surface area contributed by atoms with Gasteiger partial charge in [-0.1, -0.05) is 18.2 Å². The number of hydrogen-bond acceptors (Lipinski definition) is 6. The van der Waals surface area contributed by atoms with Gasteiger partial charge in [-0.05, 0) is 23.8 Å². The van der Waals surface area contributed by atoms with Gasteiger partial charge >= 0.3 is 0 Å². The van der Waals surface area contributed by atoms with E-state index in [-0.39, 0.29) is 11.4 Å². The van der Waals surface area contributed by atoms with Gasteiger partial charge < -0.3 is 13.8 Å². The molecule has 0 fully saturated rings. The highest BCUT2D eigenvalue weighted by Gasteiger charge is 2.21. The van der Waals surface area contributed by atoms with Gasteiger partial charge in [-0.2, -0.15) is 12.6 Å². The maximum Gasteiger partial charge on any atom is 0.283 e. The summed E-state index contributed by atoms with van der Waals surface area (Å²) < 4.78 is 10.9. The van der Waals surface area contributed by atoms with Crippen LogP contribution in [0.25, 0.3) is 22.6 Å². The van der Waals surface area contributed by atoms with E-state index in [1.54, 1.807) is 12.1 Å². The molecule has 3 heterocycles. The minimum Gasteiger partial charge on any atom is -0.459 e. The summed E-state index contributed by atoms with van der Waals surface area (Å²) in [5, 5.41) is 8.35. The number of furan rings is 1. The van der Waals surface area contributed by atoms with Crippen molar-refractivity contribution < 1.29 is 8.83 Å². The van der Waals surface area contributed by atoms with E-state index in [4.69, 9.17) is 8.83 Å². The molecule has 1 N–H and O–H groups in total. The molecule has 0 bridgehead atoms. The molecule has 7 heteroatoms. The molecule has 0 aliphatic carbocycles. The summed E-state index contributed by atoms with van der Waals surface area (Å²) in [6, 6.07) is 12.5. The standard InChI is InChI=1S/C16H11N3O3S/c20-13-8-10(9-4-1-2-5-11(9)17-13)14(23)16-19-18-15(22-16)12-6-3-7-21-12/h1-8,14,23H,(H,17,20). The Morgan fingerprint density at radius 1 is 1.13 bits per heavy atom. The van der Waals surface area contributed by atoms with Crippen molar-refractivity contribution in [1.82, 2.24) is 15.2 Å². The molecule has 0 aliphatic rings. The smallest absolute Gasteiger partial charge is 0.283 e. The molecule has 0 radical (unpaired) electrons. The molecule has 0 amide bonds. The lowest BCUT2D eigenvalue weighted by atomic mass is 10.1. The van der Waals surface area contributed by atoms with Crippen molar-refractivity contribution in [2.24, 2.45) is 0 Å². The number of aromatic nitrogens is 3. The van der Waals surface area contributed by atoms with Crippen molar-refractivity contribution in [1.29, 1.82) is 0 Å². The molecule has 0 saturated carbocycles. The Morgan fingerprint density at radius 3 is 2.83 bits per heavy atom. The van der Waals surface area contributed by atoms with Gasteiger partial charge in [0.1, 0.15) is 5.25 Å². The number of para-hydroxylation sites is 1. The maximum absolute atomic E-state index is 11.9. The summed E-state index contributed by atoms with van der Waals surface area (Å²) >= 11 is 4.56. The molecule has 0 saturated heterocycles. The van der Waals surface area contributed by atoms with Gasteiger partial charge in [0.05, 0.1) is 6.26 Å². The minimum absolute atomic E-state index is 0.205. The third-order valence-corrected chi connectivity index (χ3v) is 3.98. The van der Waals surface area contributed by atoms with Crippen molar-refractivity contribution in [3.05, 3.63) is 70.5 Å². The van der Waals surface area contributed by atoms with Crippen LogP contribution in [0, 0.1) is 0 Å². The molecule has 0 aliphatic heterocycles. The summed E-state index contributed by atoms with van der Waals surface area (Å²) in [4.78, 5) is 14.7. The highest BCUT2D eigenvalue weighted by atomic mass is 32.1. The Hall–Kier alpha value is -2.80. The van der Waals surface area contributed by atoms with Crippen LogP contribution in [0.2, 0.25) is 0 Å². The van der Waals surface area contributed by atoms with Crippen LogP contribution in [0.4, 0.5) is 0 Å². The molecule has 1 unspecified atom stereocenters. The van der Waals surface area contributed by atoms with Gasteiger partial charge in [0, 0.05) is 17.0 Å². The fourth-order valence-electron chi connectivity index (χ4n) is 2.44. The van der Waals surface area contributed by atoms with Gasteiger partial charge in [0.15, 0.2) is 5.76 Å². The number of nitrogens with zero attached hydrogens (tertiary/aromatic N) is 2. The summed E-state index contributed by atoms with van der Waals surface area (Å²) in [5.74, 6) is 1.06. The number of nitrogens with one attached hydrogen (secondary N) is 1. The minimum atomic E-state index is -0.515. The van der Waals surface area contributed by atoms with Crippen molar-refractivity contribution in [3.8, 4) is 11.7 Å². The average molecular weight is 325 g/mol. The quantitative estimate of drug-likeness (QED) is 0.565. The van der Waals surface area contributed by atoms with E-state index in [1.807, 2.05) is 24.3 Å². The molecular weight excluding hydrogens is 314 g/mol. The van der Waals surface area contributed by atoms with Gasteiger partial charge in [-0.25, -0.2) is 0 Å². The van der Waals surface area contributed by atoms with Crippen LogP contribution in [-0.4, -0.2) is 15.2 Å². The fraction of sp³-hybridized carbons (Fsp3) is 0.0625. The van der Waals surface area contributed by atoms with Crippen LogP contribution in [0.3, 0.4) is 0 Å². The van der Waals surface area contributed by atoms with E-state index in [0.29, 0.717) is 17.2 Å². The molecule has 4 rings (SSSR count). The third kappa shape index (κ3) is 2.44. The van der Waals surface area contributed by atoms with Crippen LogP contribution in [0.5, 0.6) is 0 Å². The number of pyridine rings is 1. The summed E-state index contributed by atoms with van der Waals surface area (Å²) in [6.07, 6.45) is 1.53. The first-order chi connectivity index (χ1) is 11.2. The first-order valence-electron chi connectivity index (χ1n) is 6.90. The molecule has 114 valence electrons. The lowest BCUT2D eigenvalue weighted by molar-refractivity contribution is 0.486. The number of fused-ring (bicyclic) bond motifs is 1. The Kier molecular flexibility index (Phi) is 3.27. The van der Waals surface area contributed by atoms with Gasteiger partial charge in [-0.3, -0.25) is 4.79 Å². The number of hydrogen-bond donors (Lipinski definition) is 2. The highest BCUT2D eigenvalue weighted by Crippen LogP contribution is 2.32. The first kappa shape index (κ1) is 13.8. The van der Waals surface area contributed by atoms with Crippen LogP contribution >= 0.6 is 12.6 Å². The normalized spacial score (nSPS) is 12.6. The Morgan fingerprint density at radius 2 is 2.00 bits per heavy atom. The van der Waals surface area contributed by atoms with Gasteiger partial charge in [0.25, 0.3) is 5.89 Å². The molecule has 23 heavy (non-hydrogen) atoms. The number of benzene rings is 1. The van der Waals surface area contributed by atoms with Crippen molar-refractivity contribution >= 4 is 23.5 Å². The van der Waals surface area contributed by atoms with Crippen molar-refractivity contribution in [2.45, 2.75) is 5.25 Å². The molecule has 4 aromatic rings. The predicted octanol–water partition coefficient (Wildman–Crippen LogP) is 3.19. The lowest BCUT2D eigenvalue weighted by Gasteiger charge is -2.09. The lowest BCUT2D eigenvalue weighted by Crippen LogP contribution is -2.08. The average Bonchev–Trinajstić information content (AvgIpc) is 3.24. The third-order valence-electron chi connectivity index (χ3n) is 3.48. The Balaban J connectivity index is 1.81. The Labute approximate surface area is 135 Å². The van der Waals surface area contributed by atoms with E-state index in [9.17, 15) is 4.79 Å². The molecule has 3 aromatic heterocycles. The predicted molar refractivity (Wildman–Crippen MR) is 87.4 cm³/mol. The van der Waals surface area contributed by atoms with E-state index >= 15 is 0 Å². The summed E-state index contributed by atoms with van der Waals surface area (Å²) in [5.41, 5.74) is 1.24. The van der Waals surface area contributed by atoms with E-state index < -0.39 is 5.25 Å². The molecular formula is C16H11N3O3S. The zero-order chi connectivity index (χ0) is 15.8. The zero-order valence-corrected chi connectivity index (χ0v) is 12.7. The number of thiol groups is 1. The van der Waals surface area contributed by atoms with Crippen LogP contribution in [0.1, 0.15) is 16.7 Å². The van der Waals surface area contributed by atoms with E-state index in [1.165, 1.54) is 12.3 Å². The van der Waals surface area contributed by atoms with E-state index in [0.717, 1.165) is 10.9 Å². The number of H-pyrrole nitrogens is 1. The molecule has 6 nitrogen and oxygen atoms in total. The Bertz CT molecular complexity index is 1020. The summed E-state index contributed by atoms with van der Waals surface area (Å²) in [7, 11) is 0. The summed E-state index contributed by atoms with van der Waals surface area (Å²) in [6.45, 7) is 0. The molecule has 1 atom stereocenters. The highest BCUT2D eigenvalue weighted by molar-refractivity contribution is 7.80. The number of aromatic amines is 1.